The summed E-state index contributed by atoms with van der Waals surface area (Å²) in [7, 11) is 0. The molecule has 0 fully saturated rings. The van der Waals surface area contributed by atoms with E-state index in [9.17, 15) is 24.0 Å². The summed E-state index contributed by atoms with van der Waals surface area (Å²) in [4.78, 5) is 59.5. The number of nitrogens with one attached hydrogen (secondary N) is 3. The van der Waals surface area contributed by atoms with Gasteiger partial charge in [-0.2, -0.15) is 0 Å². The lowest BCUT2D eigenvalue weighted by Gasteiger charge is -2.19. The van der Waals surface area contributed by atoms with Crippen molar-refractivity contribution in [2.75, 3.05) is 22.6 Å². The minimum absolute atomic E-state index is 0.0997. The minimum atomic E-state index is -0.808. The first-order chi connectivity index (χ1) is 15.4. The molecule has 0 unspecified atom stereocenters. The molecule has 0 bridgehead atoms. The van der Waals surface area contributed by atoms with Crippen molar-refractivity contribution in [2.24, 2.45) is 5.73 Å². The van der Waals surface area contributed by atoms with Crippen LogP contribution < -0.4 is 21.7 Å². The number of ether oxygens (including phenoxy) is 1. The predicted octanol–water partition coefficient (Wildman–Crippen LogP) is 3.31. The Bertz CT molecular complexity index is 1110. The van der Waals surface area contributed by atoms with Crippen LogP contribution in [0.4, 0.5) is 17.1 Å². The monoisotopic (exact) mass is 790 g/mol. The van der Waals surface area contributed by atoms with E-state index < -0.39 is 24.4 Å². The molecule has 0 atom stereocenters. The van der Waals surface area contributed by atoms with Crippen molar-refractivity contribution in [1.29, 1.82) is 0 Å². The lowest BCUT2D eigenvalue weighted by Crippen LogP contribution is -2.23. The van der Waals surface area contributed by atoms with Gasteiger partial charge in [-0.25, -0.2) is 4.79 Å². The maximum Gasteiger partial charge on any atom is 0.340 e. The van der Waals surface area contributed by atoms with E-state index in [0.717, 1.165) is 0 Å². The molecule has 33 heavy (non-hydrogen) atoms. The Labute approximate surface area is 229 Å². The highest BCUT2D eigenvalue weighted by atomic mass is 127. The topological polar surface area (TPSA) is 157 Å². The van der Waals surface area contributed by atoms with Gasteiger partial charge in [-0.05, 0) is 92.0 Å². The van der Waals surface area contributed by atoms with Crippen LogP contribution in [0.3, 0.4) is 0 Å². The summed E-state index contributed by atoms with van der Waals surface area (Å²) in [6, 6.07) is 5.88. The first-order valence-electron chi connectivity index (χ1n) is 9.04. The molecule has 0 aliphatic rings. The molecule has 0 saturated heterocycles. The van der Waals surface area contributed by atoms with Gasteiger partial charge in [0.1, 0.15) is 0 Å². The number of hydrogen-bond acceptors (Lipinski definition) is 6. The number of esters is 1. The van der Waals surface area contributed by atoms with E-state index in [-0.39, 0.29) is 22.9 Å². The van der Waals surface area contributed by atoms with E-state index in [2.05, 4.69) is 16.0 Å². The Hall–Kier alpha value is -2.02. The second kappa shape index (κ2) is 11.9. The van der Waals surface area contributed by atoms with Crippen LogP contribution in [0, 0.1) is 10.7 Å². The zero-order chi connectivity index (χ0) is 24.9. The van der Waals surface area contributed by atoms with Crippen molar-refractivity contribution in [3.63, 3.8) is 0 Å². The molecule has 4 amide bonds. The molecule has 2 aromatic rings. The Morgan fingerprint density at radius 2 is 1.30 bits per heavy atom. The molecule has 2 rings (SSSR count). The van der Waals surface area contributed by atoms with E-state index in [0.29, 0.717) is 27.8 Å². The molecule has 174 valence electrons. The largest absolute Gasteiger partial charge is 0.452 e. The van der Waals surface area contributed by atoms with Gasteiger partial charge in [0.05, 0.1) is 27.6 Å². The lowest BCUT2D eigenvalue weighted by molar-refractivity contribution is -0.119. The molecule has 0 aliphatic carbocycles. The molecule has 2 aromatic carbocycles. The second-order valence-corrected chi connectivity index (χ2v) is 9.73. The van der Waals surface area contributed by atoms with Crippen LogP contribution in [0.1, 0.15) is 34.6 Å². The molecule has 0 aliphatic heterocycles. The molecular weight excluding hydrogens is 773 g/mol. The third-order valence-electron chi connectivity index (χ3n) is 3.91. The molecule has 5 N–H and O–H groups in total. The third-order valence-corrected chi connectivity index (χ3v) is 7.15. The molecule has 13 heteroatoms. The molecule has 0 radical (unpaired) electrons. The third kappa shape index (κ3) is 7.23. The van der Waals surface area contributed by atoms with Crippen molar-refractivity contribution in [3.05, 3.63) is 46.1 Å². The maximum absolute atomic E-state index is 12.9. The maximum atomic E-state index is 12.9. The van der Waals surface area contributed by atoms with E-state index >= 15 is 0 Å². The fourth-order valence-corrected chi connectivity index (χ4v) is 6.68. The Morgan fingerprint density at radius 3 is 1.73 bits per heavy atom. The number of anilines is 3. The molecule has 10 nitrogen and oxygen atoms in total. The summed E-state index contributed by atoms with van der Waals surface area (Å²) >= 11 is 5.76. The SMILES string of the molecule is CC(=O)Nc1c(I)c(NC(C)=O)c(I)c(C(=O)OCC(=O)Nc2ccc(C(N)=O)cc2)c1I. The second-order valence-electron chi connectivity index (χ2n) is 6.50. The number of halogens is 3. The van der Waals surface area contributed by atoms with Gasteiger partial charge in [0.2, 0.25) is 17.7 Å². The summed E-state index contributed by atoms with van der Waals surface area (Å²) in [5, 5.41) is 7.86. The fourth-order valence-electron chi connectivity index (χ4n) is 2.53. The molecule has 0 spiro atoms. The highest BCUT2D eigenvalue weighted by molar-refractivity contribution is 14.1. The standard InChI is InChI=1S/C20H17I3N4O6/c1-8(28)25-17-14(21)13(15(22)18(16(17)23)26-9(2)29)20(32)33-7-12(30)27-11-5-3-10(4-6-11)19(24)31/h3-6H,7H2,1-2H3,(H2,24,31)(H,25,28)(H,26,29)(H,27,30). The van der Waals surface area contributed by atoms with Crippen LogP contribution in [0.2, 0.25) is 0 Å². The van der Waals surface area contributed by atoms with E-state index in [1.807, 2.05) is 67.8 Å². The van der Waals surface area contributed by atoms with Gasteiger partial charge in [-0.15, -0.1) is 0 Å². The number of hydrogen-bond donors (Lipinski definition) is 4. The van der Waals surface area contributed by atoms with Crippen molar-refractivity contribution < 1.29 is 28.7 Å². The first-order valence-corrected chi connectivity index (χ1v) is 12.3. The summed E-state index contributed by atoms with van der Waals surface area (Å²) in [5.74, 6) is -2.72. The van der Waals surface area contributed by atoms with Crippen LogP contribution in [0.15, 0.2) is 24.3 Å². The molecule has 0 aromatic heterocycles. The van der Waals surface area contributed by atoms with E-state index in [4.69, 9.17) is 10.5 Å². The Kier molecular flexibility index (Phi) is 9.83. The van der Waals surface area contributed by atoms with Crippen LogP contribution in [0.5, 0.6) is 0 Å². The zero-order valence-electron chi connectivity index (χ0n) is 17.2. The number of carbonyl (C=O) groups excluding carboxylic acids is 5. The van der Waals surface area contributed by atoms with Crippen LogP contribution in [-0.4, -0.2) is 36.2 Å². The number of benzene rings is 2. The molecule has 0 heterocycles. The van der Waals surface area contributed by atoms with Gasteiger partial charge >= 0.3 is 5.97 Å². The predicted molar refractivity (Wildman–Crippen MR) is 147 cm³/mol. The van der Waals surface area contributed by atoms with Crippen molar-refractivity contribution in [3.8, 4) is 0 Å². The van der Waals surface area contributed by atoms with E-state index in [1.54, 1.807) is 0 Å². The number of rotatable bonds is 7. The summed E-state index contributed by atoms with van der Waals surface area (Å²) < 4.78 is 6.53. The van der Waals surface area contributed by atoms with Gasteiger partial charge in [0, 0.05) is 25.1 Å². The molecule has 0 saturated carbocycles. The smallest absolute Gasteiger partial charge is 0.340 e. The average molecular weight is 790 g/mol. The van der Waals surface area contributed by atoms with Gasteiger partial charge in [0.25, 0.3) is 5.91 Å². The van der Waals surface area contributed by atoms with Crippen LogP contribution in [-0.2, 0) is 19.1 Å². The lowest BCUT2D eigenvalue weighted by atomic mass is 10.1. The number of amides is 4. The Morgan fingerprint density at radius 1 is 0.818 bits per heavy atom. The van der Waals surface area contributed by atoms with Gasteiger partial charge in [0.15, 0.2) is 6.61 Å². The summed E-state index contributed by atoms with van der Waals surface area (Å²) in [6.45, 7) is 2.06. The van der Waals surface area contributed by atoms with Gasteiger partial charge < -0.3 is 26.4 Å². The number of carbonyl (C=O) groups is 5. The average Bonchev–Trinajstić information content (AvgIpc) is 2.73. The normalized spacial score (nSPS) is 10.2. The van der Waals surface area contributed by atoms with Crippen LogP contribution >= 0.6 is 67.8 Å². The van der Waals surface area contributed by atoms with Crippen molar-refractivity contribution in [1.82, 2.24) is 0 Å². The summed E-state index contributed by atoms with van der Waals surface area (Å²) in [5.41, 5.74) is 6.64. The highest BCUT2D eigenvalue weighted by Crippen LogP contribution is 2.39. The number of primary amides is 1. The minimum Gasteiger partial charge on any atom is -0.452 e. The first kappa shape index (κ1) is 27.2. The Balaban J connectivity index is 2.25. The van der Waals surface area contributed by atoms with Gasteiger partial charge in [-0.3, -0.25) is 19.2 Å². The van der Waals surface area contributed by atoms with E-state index in [1.165, 1.54) is 38.1 Å². The highest BCUT2D eigenvalue weighted by Gasteiger charge is 2.27. The quantitative estimate of drug-likeness (QED) is 0.249. The van der Waals surface area contributed by atoms with Crippen LogP contribution in [0.25, 0.3) is 0 Å². The summed E-state index contributed by atoms with van der Waals surface area (Å²) in [6.07, 6.45) is 0. The number of nitrogens with two attached hydrogens (primary N) is 1. The van der Waals surface area contributed by atoms with Gasteiger partial charge in [-0.1, -0.05) is 0 Å². The zero-order valence-corrected chi connectivity index (χ0v) is 23.6. The molecular formula is C20H17I3N4O6. The van der Waals surface area contributed by atoms with Crippen molar-refractivity contribution in [2.45, 2.75) is 13.8 Å². The fraction of sp³-hybridized carbons (Fsp3) is 0.150. The van der Waals surface area contributed by atoms with Crippen molar-refractivity contribution >= 4 is 114 Å².